The molecule has 1 aliphatic rings. The van der Waals surface area contributed by atoms with Gasteiger partial charge in [0.1, 0.15) is 11.5 Å². The fourth-order valence-corrected chi connectivity index (χ4v) is 4.62. The Bertz CT molecular complexity index is 1090. The first kappa shape index (κ1) is 26.8. The Morgan fingerprint density at radius 2 is 1.74 bits per heavy atom. The smallest absolute Gasteiger partial charge is 0.295 e. The van der Waals surface area contributed by atoms with Crippen LogP contribution in [-0.2, 0) is 9.59 Å². The second-order valence-corrected chi connectivity index (χ2v) is 9.33. The maximum Gasteiger partial charge on any atom is 0.295 e. The number of ketones is 1. The van der Waals surface area contributed by atoms with E-state index >= 15 is 0 Å². The highest BCUT2D eigenvalue weighted by Gasteiger charge is 2.46. The van der Waals surface area contributed by atoms with E-state index in [0.29, 0.717) is 41.9 Å². The van der Waals surface area contributed by atoms with E-state index < -0.39 is 17.7 Å². The Balaban J connectivity index is 2.10. The zero-order valence-corrected chi connectivity index (χ0v) is 21.9. The van der Waals surface area contributed by atoms with Crippen LogP contribution in [0.3, 0.4) is 0 Å². The molecule has 6 nitrogen and oxygen atoms in total. The molecule has 0 spiro atoms. The van der Waals surface area contributed by atoms with E-state index in [1.807, 2.05) is 31.2 Å². The van der Waals surface area contributed by atoms with Crippen LogP contribution in [0.5, 0.6) is 5.75 Å². The average Bonchev–Trinajstić information content (AvgIpc) is 3.10. The molecule has 7 heteroatoms. The normalized spacial score (nSPS) is 17.6. The summed E-state index contributed by atoms with van der Waals surface area (Å²) in [7, 11) is 0. The molecule has 2 aromatic rings. The first-order valence-electron chi connectivity index (χ1n) is 12.3. The minimum Gasteiger partial charge on any atom is -0.507 e. The molecule has 1 saturated heterocycles. The van der Waals surface area contributed by atoms with E-state index in [4.69, 9.17) is 16.3 Å². The third-order valence-corrected chi connectivity index (χ3v) is 6.81. The zero-order chi connectivity index (χ0) is 25.7. The lowest BCUT2D eigenvalue weighted by Crippen LogP contribution is -2.38. The molecule has 0 aromatic heterocycles. The Morgan fingerprint density at radius 1 is 1.09 bits per heavy atom. The Hall–Kier alpha value is -2.83. The van der Waals surface area contributed by atoms with Crippen molar-refractivity contribution < 1.29 is 19.4 Å². The van der Waals surface area contributed by atoms with E-state index in [-0.39, 0.29) is 11.3 Å². The van der Waals surface area contributed by atoms with E-state index in [0.717, 1.165) is 24.2 Å². The number of likely N-dealkylation sites (tertiary alicyclic amines) is 1. The number of hydrogen-bond acceptors (Lipinski definition) is 5. The Labute approximate surface area is 213 Å². The van der Waals surface area contributed by atoms with Gasteiger partial charge >= 0.3 is 0 Å². The number of aliphatic hydroxyl groups is 1. The first-order valence-corrected chi connectivity index (χ1v) is 12.6. The number of carbonyl (C=O) groups is 2. The molecule has 0 bridgehead atoms. The predicted octanol–water partition coefficient (Wildman–Crippen LogP) is 5.63. The summed E-state index contributed by atoms with van der Waals surface area (Å²) in [6.45, 7) is 13.4. The molecule has 1 amide bonds. The van der Waals surface area contributed by atoms with Crippen molar-refractivity contribution in [2.45, 2.75) is 46.6 Å². The number of carbonyl (C=O) groups excluding carboxylic acids is 2. The quantitative estimate of drug-likeness (QED) is 0.261. The van der Waals surface area contributed by atoms with Crippen LogP contribution in [0, 0.1) is 0 Å². The van der Waals surface area contributed by atoms with Crippen LogP contribution in [0.15, 0.2) is 48.0 Å². The molecule has 0 unspecified atom stereocenters. The van der Waals surface area contributed by atoms with Gasteiger partial charge in [-0.05, 0) is 55.3 Å². The molecule has 0 aliphatic carbocycles. The van der Waals surface area contributed by atoms with Gasteiger partial charge < -0.3 is 19.6 Å². The van der Waals surface area contributed by atoms with Crippen LogP contribution >= 0.6 is 11.6 Å². The number of ether oxygens (including phenoxy) is 1. The topological polar surface area (TPSA) is 70.1 Å². The summed E-state index contributed by atoms with van der Waals surface area (Å²) in [5, 5.41) is 11.6. The van der Waals surface area contributed by atoms with Gasteiger partial charge in [0, 0.05) is 18.7 Å². The summed E-state index contributed by atoms with van der Waals surface area (Å²) in [6, 6.07) is 12.1. The SMILES string of the molecule is CCOc1ccc(C(O)=C2C(=O)C(=O)N(CCN(CC)CC)[C@H]2c2ccc(C(C)C)cc2)cc1Cl. The molecule has 0 saturated carbocycles. The molecule has 0 radical (unpaired) electrons. The molecule has 3 rings (SSSR count). The lowest BCUT2D eigenvalue weighted by Gasteiger charge is -2.28. The van der Waals surface area contributed by atoms with Crippen molar-refractivity contribution in [2.75, 3.05) is 32.8 Å². The number of amides is 1. The fraction of sp³-hybridized carbons (Fsp3) is 0.429. The molecule has 35 heavy (non-hydrogen) atoms. The molecule has 1 atom stereocenters. The van der Waals surface area contributed by atoms with E-state index in [1.165, 1.54) is 0 Å². The summed E-state index contributed by atoms with van der Waals surface area (Å²) >= 11 is 6.34. The molecule has 1 aliphatic heterocycles. The second-order valence-electron chi connectivity index (χ2n) is 8.92. The summed E-state index contributed by atoms with van der Waals surface area (Å²) in [5.41, 5.74) is 2.38. The van der Waals surface area contributed by atoms with Crippen LogP contribution in [0.4, 0.5) is 0 Å². The average molecular weight is 499 g/mol. The van der Waals surface area contributed by atoms with Crippen LogP contribution < -0.4 is 4.74 Å². The number of Topliss-reactive ketones (excluding diaryl/α,β-unsaturated/α-hetero) is 1. The summed E-state index contributed by atoms with van der Waals surface area (Å²) < 4.78 is 5.48. The minimum absolute atomic E-state index is 0.0760. The number of nitrogens with zero attached hydrogens (tertiary/aromatic N) is 2. The molecule has 1 heterocycles. The van der Waals surface area contributed by atoms with Gasteiger partial charge in [0.15, 0.2) is 0 Å². The number of benzene rings is 2. The van der Waals surface area contributed by atoms with Gasteiger partial charge in [-0.1, -0.05) is 63.6 Å². The first-order chi connectivity index (χ1) is 16.7. The Morgan fingerprint density at radius 3 is 2.29 bits per heavy atom. The van der Waals surface area contributed by atoms with Crippen molar-refractivity contribution in [2.24, 2.45) is 0 Å². The van der Waals surface area contributed by atoms with E-state index in [1.54, 1.807) is 23.1 Å². The highest BCUT2D eigenvalue weighted by molar-refractivity contribution is 6.46. The van der Waals surface area contributed by atoms with Gasteiger partial charge in [-0.2, -0.15) is 0 Å². The van der Waals surface area contributed by atoms with Crippen molar-refractivity contribution in [3.05, 3.63) is 69.8 Å². The molecule has 188 valence electrons. The molecule has 2 aromatic carbocycles. The minimum atomic E-state index is -0.690. The lowest BCUT2D eigenvalue weighted by molar-refractivity contribution is -0.140. The van der Waals surface area contributed by atoms with Crippen molar-refractivity contribution in [3.8, 4) is 5.75 Å². The van der Waals surface area contributed by atoms with Crippen LogP contribution in [0.25, 0.3) is 5.76 Å². The number of aliphatic hydroxyl groups excluding tert-OH is 1. The fourth-order valence-electron chi connectivity index (χ4n) is 4.39. The standard InChI is InChI=1S/C28H35ClN2O4/c1-6-30(7-2)15-16-31-25(20-11-9-19(10-12-20)18(4)5)24(27(33)28(31)34)26(32)21-13-14-23(35-8-3)22(29)17-21/h9-14,17-18,25,32H,6-8,15-16H2,1-5H3/t25-/m0/s1. The van der Waals surface area contributed by atoms with Crippen LogP contribution in [0.2, 0.25) is 5.02 Å². The van der Waals surface area contributed by atoms with E-state index in [2.05, 4.69) is 32.6 Å². The lowest BCUT2D eigenvalue weighted by atomic mass is 9.93. The van der Waals surface area contributed by atoms with Crippen molar-refractivity contribution >= 4 is 29.1 Å². The monoisotopic (exact) mass is 498 g/mol. The molecule has 1 N–H and O–H groups in total. The van der Waals surface area contributed by atoms with Gasteiger partial charge in [0.05, 0.1) is 23.2 Å². The third kappa shape index (κ3) is 5.71. The third-order valence-electron chi connectivity index (χ3n) is 6.52. The number of rotatable bonds is 10. The van der Waals surface area contributed by atoms with Gasteiger partial charge in [-0.15, -0.1) is 0 Å². The van der Waals surface area contributed by atoms with Gasteiger partial charge in [-0.25, -0.2) is 0 Å². The summed E-state index contributed by atoms with van der Waals surface area (Å²) in [4.78, 5) is 30.2. The van der Waals surface area contributed by atoms with Gasteiger partial charge in [-0.3, -0.25) is 9.59 Å². The van der Waals surface area contributed by atoms with Crippen molar-refractivity contribution in [1.82, 2.24) is 9.80 Å². The maximum atomic E-state index is 13.2. The van der Waals surface area contributed by atoms with Crippen molar-refractivity contribution in [3.63, 3.8) is 0 Å². The van der Waals surface area contributed by atoms with Crippen LogP contribution in [-0.4, -0.2) is 59.4 Å². The maximum absolute atomic E-state index is 13.2. The second kappa shape index (κ2) is 11.7. The zero-order valence-electron chi connectivity index (χ0n) is 21.2. The molecule has 1 fully saturated rings. The van der Waals surface area contributed by atoms with Gasteiger partial charge in [0.2, 0.25) is 0 Å². The van der Waals surface area contributed by atoms with Gasteiger partial charge in [0.25, 0.3) is 11.7 Å². The highest BCUT2D eigenvalue weighted by atomic mass is 35.5. The molecular formula is C28H35ClN2O4. The molecular weight excluding hydrogens is 464 g/mol. The number of halogens is 1. The largest absolute Gasteiger partial charge is 0.507 e. The summed E-state index contributed by atoms with van der Waals surface area (Å²) in [6.07, 6.45) is 0. The van der Waals surface area contributed by atoms with Crippen molar-refractivity contribution in [1.29, 1.82) is 0 Å². The summed E-state index contributed by atoms with van der Waals surface area (Å²) in [5.74, 6) is -0.689. The van der Waals surface area contributed by atoms with Crippen LogP contribution in [0.1, 0.15) is 63.3 Å². The number of hydrogen-bond donors (Lipinski definition) is 1. The number of likely N-dealkylation sites (N-methyl/N-ethyl adjacent to an activating group) is 1. The predicted molar refractivity (Wildman–Crippen MR) is 140 cm³/mol. The Kier molecular flexibility index (Phi) is 8.98. The highest BCUT2D eigenvalue weighted by Crippen LogP contribution is 2.40. The van der Waals surface area contributed by atoms with E-state index in [9.17, 15) is 14.7 Å².